The molecule has 0 aliphatic rings. The van der Waals surface area contributed by atoms with Gasteiger partial charge in [0.05, 0.1) is 6.04 Å². The van der Waals surface area contributed by atoms with Crippen molar-refractivity contribution in [1.29, 1.82) is 0 Å². The number of nitrogens with two attached hydrogens (primary N) is 1. The van der Waals surface area contributed by atoms with Gasteiger partial charge in [0.1, 0.15) is 0 Å². The minimum atomic E-state index is -0.572. The van der Waals surface area contributed by atoms with E-state index < -0.39 is 6.03 Å². The number of anilines is 2. The van der Waals surface area contributed by atoms with Crippen molar-refractivity contribution in [3.63, 3.8) is 0 Å². The molecule has 1 atom stereocenters. The molecule has 0 spiro atoms. The van der Waals surface area contributed by atoms with Crippen LogP contribution in [0.1, 0.15) is 18.5 Å². The van der Waals surface area contributed by atoms with Crippen molar-refractivity contribution in [2.45, 2.75) is 13.0 Å². The minimum Gasteiger partial charge on any atom is -0.378 e. The van der Waals surface area contributed by atoms with Gasteiger partial charge < -0.3 is 16.4 Å². The van der Waals surface area contributed by atoms with E-state index in [9.17, 15) is 4.79 Å². The number of rotatable bonds is 4. The van der Waals surface area contributed by atoms with Crippen LogP contribution in [0.5, 0.6) is 0 Å². The quantitative estimate of drug-likeness (QED) is 0.786. The highest BCUT2D eigenvalue weighted by Gasteiger charge is 2.05. The van der Waals surface area contributed by atoms with Gasteiger partial charge >= 0.3 is 6.03 Å². The lowest BCUT2D eigenvalue weighted by Gasteiger charge is -2.16. The van der Waals surface area contributed by atoms with E-state index in [1.807, 2.05) is 43.5 Å². The van der Waals surface area contributed by atoms with Crippen molar-refractivity contribution >= 4 is 17.4 Å². The summed E-state index contributed by atoms with van der Waals surface area (Å²) in [7, 11) is 0. The van der Waals surface area contributed by atoms with E-state index in [1.165, 1.54) is 0 Å². The van der Waals surface area contributed by atoms with Gasteiger partial charge in [0.15, 0.2) is 0 Å². The van der Waals surface area contributed by atoms with E-state index in [1.54, 1.807) is 12.3 Å². The Morgan fingerprint density at radius 1 is 1.26 bits per heavy atom. The maximum Gasteiger partial charge on any atom is 0.316 e. The van der Waals surface area contributed by atoms with Crippen molar-refractivity contribution in [3.05, 3.63) is 54.4 Å². The van der Waals surface area contributed by atoms with Gasteiger partial charge in [-0.05, 0) is 36.8 Å². The highest BCUT2D eigenvalue weighted by Crippen LogP contribution is 2.21. The summed E-state index contributed by atoms with van der Waals surface area (Å²) in [6, 6.07) is 10.9. The Morgan fingerprint density at radius 3 is 2.74 bits per heavy atom. The molecule has 0 bridgehead atoms. The third-order valence-corrected chi connectivity index (χ3v) is 2.70. The maximum atomic E-state index is 10.8. The molecule has 2 rings (SSSR count). The Hall–Kier alpha value is -2.56. The number of carbonyl (C=O) groups is 1. The topological polar surface area (TPSA) is 80.0 Å². The zero-order valence-corrected chi connectivity index (χ0v) is 10.6. The molecule has 98 valence electrons. The lowest BCUT2D eigenvalue weighted by atomic mass is 10.1. The summed E-state index contributed by atoms with van der Waals surface area (Å²) in [5, 5.41) is 5.88. The van der Waals surface area contributed by atoms with E-state index in [-0.39, 0.29) is 6.04 Å². The third kappa shape index (κ3) is 3.70. The van der Waals surface area contributed by atoms with Crippen LogP contribution in [-0.4, -0.2) is 11.0 Å². The molecule has 0 fully saturated rings. The minimum absolute atomic E-state index is 0.123. The molecule has 2 aromatic rings. The Kier molecular flexibility index (Phi) is 3.97. The molecule has 19 heavy (non-hydrogen) atoms. The Labute approximate surface area is 111 Å². The molecule has 1 aromatic carbocycles. The summed E-state index contributed by atoms with van der Waals surface area (Å²) in [5.41, 5.74) is 7.75. The lowest BCUT2D eigenvalue weighted by molar-refractivity contribution is 0.259. The average molecular weight is 256 g/mol. The van der Waals surface area contributed by atoms with Crippen LogP contribution >= 0.6 is 0 Å². The molecule has 1 unspecified atom stereocenters. The Balaban J connectivity index is 2.08. The molecule has 0 saturated carbocycles. The van der Waals surface area contributed by atoms with Gasteiger partial charge in [-0.1, -0.05) is 12.1 Å². The van der Waals surface area contributed by atoms with Crippen LogP contribution in [0, 0.1) is 0 Å². The standard InChI is InChI=1S/C14H16N4O/c1-10(11-4-3-7-16-9-11)17-12-5-2-6-13(8-12)18-14(15)19/h2-10,17H,1H3,(H3,15,18,19). The van der Waals surface area contributed by atoms with Crippen LogP contribution in [0.3, 0.4) is 0 Å². The van der Waals surface area contributed by atoms with Crippen LogP contribution < -0.4 is 16.4 Å². The fourth-order valence-electron chi connectivity index (χ4n) is 1.79. The van der Waals surface area contributed by atoms with Gasteiger partial charge in [-0.15, -0.1) is 0 Å². The normalized spacial score (nSPS) is 11.6. The fraction of sp³-hybridized carbons (Fsp3) is 0.143. The van der Waals surface area contributed by atoms with Gasteiger partial charge in [-0.2, -0.15) is 0 Å². The number of urea groups is 1. The number of nitrogens with one attached hydrogen (secondary N) is 2. The number of hydrogen-bond donors (Lipinski definition) is 3. The second-order valence-corrected chi connectivity index (χ2v) is 4.22. The van der Waals surface area contributed by atoms with Crippen LogP contribution in [0.2, 0.25) is 0 Å². The predicted molar refractivity (Wildman–Crippen MR) is 75.9 cm³/mol. The maximum absolute atomic E-state index is 10.8. The summed E-state index contributed by atoms with van der Waals surface area (Å²) < 4.78 is 0. The fourth-order valence-corrected chi connectivity index (χ4v) is 1.79. The van der Waals surface area contributed by atoms with E-state index in [0.29, 0.717) is 5.69 Å². The molecule has 0 radical (unpaired) electrons. The SMILES string of the molecule is CC(Nc1cccc(NC(N)=O)c1)c1cccnc1. The van der Waals surface area contributed by atoms with Gasteiger partial charge in [-0.25, -0.2) is 4.79 Å². The molecule has 2 amide bonds. The first-order valence-electron chi connectivity index (χ1n) is 5.98. The number of amides is 2. The zero-order chi connectivity index (χ0) is 13.7. The van der Waals surface area contributed by atoms with Crippen LogP contribution in [0.25, 0.3) is 0 Å². The van der Waals surface area contributed by atoms with Crippen molar-refractivity contribution in [1.82, 2.24) is 4.98 Å². The molecule has 4 N–H and O–H groups in total. The molecule has 0 saturated heterocycles. The highest BCUT2D eigenvalue weighted by molar-refractivity contribution is 5.88. The number of benzene rings is 1. The van der Waals surface area contributed by atoms with Gasteiger partial charge in [-0.3, -0.25) is 4.98 Å². The molecular weight excluding hydrogens is 240 g/mol. The lowest BCUT2D eigenvalue weighted by Crippen LogP contribution is -2.19. The smallest absolute Gasteiger partial charge is 0.316 e. The predicted octanol–water partition coefficient (Wildman–Crippen LogP) is 2.75. The average Bonchev–Trinajstić information content (AvgIpc) is 2.39. The largest absolute Gasteiger partial charge is 0.378 e. The first-order chi connectivity index (χ1) is 9.15. The molecule has 1 heterocycles. The summed E-state index contributed by atoms with van der Waals surface area (Å²) in [4.78, 5) is 14.9. The van der Waals surface area contributed by atoms with Crippen molar-refractivity contribution in [2.75, 3.05) is 10.6 Å². The van der Waals surface area contributed by atoms with Gasteiger partial charge in [0.2, 0.25) is 0 Å². The van der Waals surface area contributed by atoms with E-state index in [0.717, 1.165) is 11.3 Å². The van der Waals surface area contributed by atoms with E-state index >= 15 is 0 Å². The van der Waals surface area contributed by atoms with E-state index in [4.69, 9.17) is 5.73 Å². The molecule has 5 heteroatoms. The van der Waals surface area contributed by atoms with Crippen LogP contribution in [-0.2, 0) is 0 Å². The zero-order valence-electron chi connectivity index (χ0n) is 10.6. The molecule has 0 aliphatic carbocycles. The molecular formula is C14H16N4O. The number of pyridine rings is 1. The molecule has 1 aromatic heterocycles. The number of nitrogens with zero attached hydrogens (tertiary/aromatic N) is 1. The van der Waals surface area contributed by atoms with Crippen molar-refractivity contribution < 1.29 is 4.79 Å². The van der Waals surface area contributed by atoms with Crippen molar-refractivity contribution in [2.24, 2.45) is 5.73 Å². The van der Waals surface area contributed by atoms with Crippen molar-refractivity contribution in [3.8, 4) is 0 Å². The summed E-state index contributed by atoms with van der Waals surface area (Å²) in [6.45, 7) is 2.05. The number of aromatic nitrogens is 1. The number of carbonyl (C=O) groups excluding carboxylic acids is 1. The first-order valence-corrected chi connectivity index (χ1v) is 5.98. The Bertz CT molecular complexity index is 556. The third-order valence-electron chi connectivity index (χ3n) is 2.70. The van der Waals surface area contributed by atoms with E-state index in [2.05, 4.69) is 15.6 Å². The molecule has 5 nitrogen and oxygen atoms in total. The number of hydrogen-bond acceptors (Lipinski definition) is 3. The Morgan fingerprint density at radius 2 is 2.05 bits per heavy atom. The van der Waals surface area contributed by atoms with Crippen LogP contribution in [0.4, 0.5) is 16.2 Å². The molecule has 0 aliphatic heterocycles. The summed E-state index contributed by atoms with van der Waals surface area (Å²) >= 11 is 0. The second kappa shape index (κ2) is 5.86. The highest BCUT2D eigenvalue weighted by atomic mass is 16.2. The van der Waals surface area contributed by atoms with Crippen LogP contribution in [0.15, 0.2) is 48.8 Å². The monoisotopic (exact) mass is 256 g/mol. The van der Waals surface area contributed by atoms with Gasteiger partial charge in [0.25, 0.3) is 0 Å². The number of primary amides is 1. The summed E-state index contributed by atoms with van der Waals surface area (Å²) in [5.74, 6) is 0. The second-order valence-electron chi connectivity index (χ2n) is 4.22. The summed E-state index contributed by atoms with van der Waals surface area (Å²) in [6.07, 6.45) is 3.57. The first kappa shape index (κ1) is 12.9. The van der Waals surface area contributed by atoms with Gasteiger partial charge in [0, 0.05) is 23.8 Å².